The van der Waals surface area contributed by atoms with Crippen LogP contribution in [0.3, 0.4) is 0 Å². The van der Waals surface area contributed by atoms with Crippen LogP contribution in [0.5, 0.6) is 5.75 Å². The summed E-state index contributed by atoms with van der Waals surface area (Å²) in [6.07, 6.45) is 2.33. The summed E-state index contributed by atoms with van der Waals surface area (Å²) < 4.78 is 43.9. The minimum atomic E-state index is -3.84. The minimum Gasteiger partial charge on any atom is -0.497 e. The fourth-order valence-corrected chi connectivity index (χ4v) is 5.20. The maximum Gasteiger partial charge on any atom is 0.286 e. The number of amides is 1. The first-order valence-corrected chi connectivity index (χ1v) is 13.3. The van der Waals surface area contributed by atoms with E-state index in [1.807, 2.05) is 37.3 Å². The van der Waals surface area contributed by atoms with Gasteiger partial charge >= 0.3 is 0 Å². The summed E-state index contributed by atoms with van der Waals surface area (Å²) >= 11 is 0. The van der Waals surface area contributed by atoms with Gasteiger partial charge in [0.1, 0.15) is 5.75 Å². The number of carbonyl (C=O) groups is 1. The van der Waals surface area contributed by atoms with Gasteiger partial charge in [-0.3, -0.25) is 4.79 Å². The lowest BCUT2D eigenvalue weighted by Crippen LogP contribution is -2.38. The molecule has 2 aromatic rings. The van der Waals surface area contributed by atoms with Gasteiger partial charge in [0.15, 0.2) is 5.76 Å². The zero-order valence-electron chi connectivity index (χ0n) is 20.6. The average molecular weight is 519 g/mol. The van der Waals surface area contributed by atoms with E-state index in [0.717, 1.165) is 9.87 Å². The number of carbonyl (C=O) groups excluding carboxylic acids is 1. The molecule has 9 nitrogen and oxygen atoms in total. The van der Waals surface area contributed by atoms with E-state index in [-0.39, 0.29) is 48.8 Å². The summed E-state index contributed by atoms with van der Waals surface area (Å²) in [5.74, 6) is 0.484. The first-order chi connectivity index (χ1) is 17.3. The van der Waals surface area contributed by atoms with Crippen molar-refractivity contribution in [3.63, 3.8) is 0 Å². The van der Waals surface area contributed by atoms with Crippen LogP contribution in [-0.4, -0.2) is 70.0 Å². The lowest BCUT2D eigenvalue weighted by atomic mass is 10.0. The molecule has 2 aromatic carbocycles. The summed E-state index contributed by atoms with van der Waals surface area (Å²) in [5, 5.41) is 12.3. The van der Waals surface area contributed by atoms with Crippen LogP contribution in [0.4, 0.5) is 0 Å². The minimum absolute atomic E-state index is 0.0193. The number of methoxy groups -OCH3 is 1. The van der Waals surface area contributed by atoms with Gasteiger partial charge in [-0.15, -0.1) is 0 Å². The molecule has 10 heteroatoms. The van der Waals surface area contributed by atoms with Crippen LogP contribution >= 0.6 is 0 Å². The summed E-state index contributed by atoms with van der Waals surface area (Å²) in [5.41, 5.74) is 1.13. The Morgan fingerprint density at radius 1 is 1.14 bits per heavy atom. The zero-order valence-corrected chi connectivity index (χ0v) is 21.4. The number of hydrogen-bond donors (Lipinski definition) is 2. The second-order valence-electron chi connectivity index (χ2n) is 8.46. The van der Waals surface area contributed by atoms with Gasteiger partial charge in [0.25, 0.3) is 5.91 Å². The number of ether oxygens (including phenoxy) is 3. The molecule has 0 saturated carbocycles. The van der Waals surface area contributed by atoms with Crippen LogP contribution in [0, 0.1) is 5.92 Å². The summed E-state index contributed by atoms with van der Waals surface area (Å²) in [6, 6.07) is 15.9. The van der Waals surface area contributed by atoms with E-state index < -0.39 is 16.3 Å². The van der Waals surface area contributed by atoms with E-state index in [4.69, 9.17) is 14.2 Å². The van der Waals surface area contributed by atoms with Crippen LogP contribution in [0.1, 0.15) is 18.9 Å². The van der Waals surface area contributed by atoms with Crippen molar-refractivity contribution in [3.8, 4) is 5.75 Å². The number of aliphatic hydroxyl groups is 1. The molecule has 0 bridgehead atoms. The van der Waals surface area contributed by atoms with E-state index in [1.54, 1.807) is 18.2 Å². The molecule has 0 spiro atoms. The van der Waals surface area contributed by atoms with E-state index in [0.29, 0.717) is 25.1 Å². The van der Waals surface area contributed by atoms with Crippen LogP contribution in [-0.2, 0) is 30.7 Å². The summed E-state index contributed by atoms with van der Waals surface area (Å²) in [6.45, 7) is 2.09. The maximum atomic E-state index is 13.0. The molecule has 2 N–H and O–H groups in total. The monoisotopic (exact) mass is 518 g/mol. The van der Waals surface area contributed by atoms with Crippen molar-refractivity contribution in [2.45, 2.75) is 31.0 Å². The Balaban J connectivity index is 1.52. The molecule has 1 aliphatic rings. The molecule has 1 aliphatic heterocycles. The molecule has 2 atom stereocenters. The van der Waals surface area contributed by atoms with Gasteiger partial charge in [-0.25, -0.2) is 8.42 Å². The van der Waals surface area contributed by atoms with E-state index in [1.165, 1.54) is 19.2 Å². The zero-order chi connectivity index (χ0) is 26.0. The van der Waals surface area contributed by atoms with Gasteiger partial charge < -0.3 is 24.6 Å². The molecule has 0 unspecified atom stereocenters. The summed E-state index contributed by atoms with van der Waals surface area (Å²) in [4.78, 5) is 12.7. The van der Waals surface area contributed by atoms with Crippen molar-refractivity contribution in [1.29, 1.82) is 0 Å². The lowest BCUT2D eigenvalue weighted by molar-refractivity contribution is -0.148. The molecule has 196 valence electrons. The van der Waals surface area contributed by atoms with Crippen molar-refractivity contribution in [1.82, 2.24) is 9.62 Å². The molecule has 1 heterocycles. The Morgan fingerprint density at radius 3 is 2.53 bits per heavy atom. The number of nitrogens with one attached hydrogen (secondary N) is 1. The van der Waals surface area contributed by atoms with Gasteiger partial charge in [-0.1, -0.05) is 37.3 Å². The van der Waals surface area contributed by atoms with Gasteiger partial charge in [0.05, 0.1) is 25.2 Å². The molecule has 0 fully saturated rings. The first kappa shape index (κ1) is 27.7. The van der Waals surface area contributed by atoms with Crippen molar-refractivity contribution in [2.24, 2.45) is 5.92 Å². The third-order valence-corrected chi connectivity index (χ3v) is 7.63. The highest BCUT2D eigenvalue weighted by Crippen LogP contribution is 2.24. The van der Waals surface area contributed by atoms with Crippen molar-refractivity contribution in [3.05, 3.63) is 72.0 Å². The van der Waals surface area contributed by atoms with Crippen LogP contribution in [0.25, 0.3) is 0 Å². The van der Waals surface area contributed by atoms with Crippen molar-refractivity contribution < 1.29 is 32.5 Å². The molecule has 36 heavy (non-hydrogen) atoms. The Bertz CT molecular complexity index is 1100. The number of sulfonamides is 1. The Labute approximate surface area is 212 Å². The third kappa shape index (κ3) is 7.79. The lowest BCUT2D eigenvalue weighted by Gasteiger charge is -2.28. The second-order valence-corrected chi connectivity index (χ2v) is 10.4. The van der Waals surface area contributed by atoms with Gasteiger partial charge in [0, 0.05) is 26.1 Å². The number of rotatable bonds is 13. The normalized spacial score (nSPS) is 17.8. The average Bonchev–Trinajstić information content (AvgIpc) is 2.88. The molecular weight excluding hydrogens is 484 g/mol. The maximum absolute atomic E-state index is 13.0. The fourth-order valence-electron chi connectivity index (χ4n) is 3.79. The number of nitrogens with zero attached hydrogens (tertiary/aromatic N) is 1. The van der Waals surface area contributed by atoms with Crippen LogP contribution < -0.4 is 10.1 Å². The molecule has 0 radical (unpaired) electrons. The van der Waals surface area contributed by atoms with Crippen LogP contribution in [0.15, 0.2) is 71.3 Å². The largest absolute Gasteiger partial charge is 0.497 e. The number of aliphatic hydroxyl groups excluding tert-OH is 1. The van der Waals surface area contributed by atoms with E-state index >= 15 is 0 Å². The molecule has 0 aliphatic carbocycles. The second kappa shape index (κ2) is 13.4. The molecule has 0 saturated heterocycles. The highest BCUT2D eigenvalue weighted by Gasteiger charge is 2.28. The van der Waals surface area contributed by atoms with Gasteiger partial charge in [-0.05, 0) is 48.2 Å². The number of benzene rings is 2. The van der Waals surface area contributed by atoms with E-state index in [2.05, 4.69) is 5.32 Å². The Hall–Kier alpha value is -2.92. The summed E-state index contributed by atoms with van der Waals surface area (Å²) in [7, 11) is -2.34. The molecular formula is C26H34N2O7S. The van der Waals surface area contributed by atoms with Gasteiger partial charge in [0.2, 0.25) is 16.3 Å². The highest BCUT2D eigenvalue weighted by atomic mass is 32.2. The Morgan fingerprint density at radius 2 is 1.86 bits per heavy atom. The quantitative estimate of drug-likeness (QED) is 0.418. The smallest absolute Gasteiger partial charge is 0.286 e. The molecule has 3 rings (SSSR count). The third-order valence-electron chi connectivity index (χ3n) is 5.72. The predicted molar refractivity (Wildman–Crippen MR) is 135 cm³/mol. The van der Waals surface area contributed by atoms with Crippen molar-refractivity contribution in [2.75, 3.05) is 40.0 Å². The highest BCUT2D eigenvalue weighted by molar-refractivity contribution is 7.89. The molecule has 1 amide bonds. The van der Waals surface area contributed by atoms with Gasteiger partial charge in [-0.2, -0.15) is 4.31 Å². The fraction of sp³-hybridized carbons (Fsp3) is 0.423. The number of hydrogen-bond acceptors (Lipinski definition) is 7. The first-order valence-electron chi connectivity index (χ1n) is 11.9. The SMILES string of the molecule is COc1ccc(S(=O)(=O)N(CCO)CCO[C@H]2C[C@@H](C)C=C(C(=O)NCCc3ccccc3)O2)cc1. The topological polar surface area (TPSA) is 114 Å². The molecule has 0 aromatic heterocycles. The standard InChI is InChI=1S/C26H34N2O7S/c1-20-18-24(26(30)27-13-12-21-6-4-3-5-7-21)35-25(19-20)34-17-15-28(14-16-29)36(31,32)23-10-8-22(33-2)9-11-23/h3-11,18,20,25,29H,12-17,19H2,1-2H3,(H,27,30)/t20-,25+/m0/s1. The predicted octanol–water partition coefficient (Wildman–Crippen LogP) is 2.32. The Kier molecular flexibility index (Phi) is 10.3. The van der Waals surface area contributed by atoms with E-state index in [9.17, 15) is 18.3 Å². The van der Waals surface area contributed by atoms with Crippen molar-refractivity contribution >= 4 is 15.9 Å². The number of allylic oxidation sites excluding steroid dienone is 1. The van der Waals surface area contributed by atoms with Crippen LogP contribution in [0.2, 0.25) is 0 Å².